The summed E-state index contributed by atoms with van der Waals surface area (Å²) in [5.41, 5.74) is 8.66. The maximum absolute atomic E-state index is 12.3. The Kier molecular flexibility index (Phi) is 7.11. The van der Waals surface area contributed by atoms with Gasteiger partial charge in [0.2, 0.25) is 11.8 Å². The van der Waals surface area contributed by atoms with E-state index in [1.54, 1.807) is 12.4 Å². The number of nitrogens with zero attached hydrogens (tertiary/aromatic N) is 4. The average molecular weight is 459 g/mol. The van der Waals surface area contributed by atoms with Crippen LogP contribution in [-0.2, 0) is 16.0 Å². The molecule has 4 aromatic rings. The van der Waals surface area contributed by atoms with Gasteiger partial charge >= 0.3 is 0 Å². The van der Waals surface area contributed by atoms with Crippen molar-refractivity contribution < 1.29 is 9.59 Å². The molecule has 0 fully saturated rings. The van der Waals surface area contributed by atoms with Gasteiger partial charge < -0.3 is 0 Å². The van der Waals surface area contributed by atoms with Crippen LogP contribution in [0.3, 0.4) is 0 Å². The van der Waals surface area contributed by atoms with Gasteiger partial charge in [-0.3, -0.25) is 30.0 Å². The highest BCUT2D eigenvalue weighted by molar-refractivity contribution is 7.99. The third kappa shape index (κ3) is 5.83. The Morgan fingerprint density at radius 3 is 2.30 bits per heavy atom. The lowest BCUT2D eigenvalue weighted by Crippen LogP contribution is -2.43. The van der Waals surface area contributed by atoms with Crippen LogP contribution >= 0.6 is 11.8 Å². The van der Waals surface area contributed by atoms with Gasteiger partial charge in [-0.15, -0.1) is 10.2 Å². The Hall–Kier alpha value is -3.98. The quantitative estimate of drug-likeness (QED) is 0.326. The van der Waals surface area contributed by atoms with Crippen LogP contribution in [0.1, 0.15) is 11.1 Å². The second kappa shape index (κ2) is 10.6. The molecule has 33 heavy (non-hydrogen) atoms. The van der Waals surface area contributed by atoms with Gasteiger partial charge in [0.15, 0.2) is 11.0 Å². The first kappa shape index (κ1) is 22.2. The van der Waals surface area contributed by atoms with Crippen molar-refractivity contribution in [2.45, 2.75) is 18.5 Å². The fourth-order valence-electron chi connectivity index (χ4n) is 3.11. The molecule has 0 radical (unpaired) electrons. The topological polar surface area (TPSA) is 102 Å². The average Bonchev–Trinajstić information content (AvgIpc) is 3.27. The van der Waals surface area contributed by atoms with Gasteiger partial charge in [0.05, 0.1) is 12.2 Å². The second-order valence-corrected chi connectivity index (χ2v) is 8.20. The lowest BCUT2D eigenvalue weighted by atomic mass is 10.1. The highest BCUT2D eigenvalue weighted by Gasteiger charge is 2.17. The second-order valence-electron chi connectivity index (χ2n) is 7.26. The molecule has 0 saturated heterocycles. The lowest BCUT2D eigenvalue weighted by molar-refractivity contribution is -0.127. The Labute approximate surface area is 195 Å². The molecule has 9 heteroatoms. The molecule has 2 heterocycles. The van der Waals surface area contributed by atoms with Gasteiger partial charge in [-0.05, 0) is 36.8 Å². The molecule has 0 aliphatic heterocycles. The van der Waals surface area contributed by atoms with E-state index < -0.39 is 0 Å². The molecule has 8 nitrogen and oxygen atoms in total. The molecule has 0 aliphatic rings. The summed E-state index contributed by atoms with van der Waals surface area (Å²) in [4.78, 5) is 28.4. The molecule has 2 N–H and O–H groups in total. The standard InChI is InChI=1S/C24H22N6O2S/c1-17-7-9-20(10-8-17)30-23(19-11-13-25-14-12-19)28-29-24(30)33-16-22(32)27-26-21(31)15-18-5-3-2-4-6-18/h2-14H,15-16H2,1H3,(H,26,31)(H,27,32). The fraction of sp³-hybridized carbons (Fsp3) is 0.125. The number of aryl methyl sites for hydroxylation is 1. The van der Waals surface area contributed by atoms with Gasteiger partial charge in [-0.1, -0.05) is 59.8 Å². The van der Waals surface area contributed by atoms with Crippen molar-refractivity contribution in [3.63, 3.8) is 0 Å². The molecule has 0 aliphatic carbocycles. The normalized spacial score (nSPS) is 10.6. The number of rotatable bonds is 7. The molecule has 0 spiro atoms. The SMILES string of the molecule is Cc1ccc(-n2c(SCC(=O)NNC(=O)Cc3ccccc3)nnc2-c2ccncc2)cc1. The third-order valence-electron chi connectivity index (χ3n) is 4.75. The molecule has 2 amide bonds. The summed E-state index contributed by atoms with van der Waals surface area (Å²) in [7, 11) is 0. The zero-order chi connectivity index (χ0) is 23.0. The highest BCUT2D eigenvalue weighted by atomic mass is 32.2. The van der Waals surface area contributed by atoms with E-state index in [1.807, 2.05) is 78.2 Å². The van der Waals surface area contributed by atoms with Crippen molar-refractivity contribution >= 4 is 23.6 Å². The third-order valence-corrected chi connectivity index (χ3v) is 5.67. The van der Waals surface area contributed by atoms with Gasteiger partial charge in [0, 0.05) is 23.6 Å². The lowest BCUT2D eigenvalue weighted by Gasteiger charge is -2.11. The fourth-order valence-corrected chi connectivity index (χ4v) is 3.86. The predicted molar refractivity (Wildman–Crippen MR) is 126 cm³/mol. The molecule has 0 saturated carbocycles. The number of carbonyl (C=O) groups is 2. The van der Waals surface area contributed by atoms with E-state index in [0.29, 0.717) is 11.0 Å². The number of pyridine rings is 1. The molecule has 2 aromatic carbocycles. The van der Waals surface area contributed by atoms with E-state index in [2.05, 4.69) is 26.0 Å². The van der Waals surface area contributed by atoms with Gasteiger partial charge in [0.1, 0.15) is 0 Å². The smallest absolute Gasteiger partial charge is 0.248 e. The van der Waals surface area contributed by atoms with Gasteiger partial charge in [-0.2, -0.15) is 0 Å². The summed E-state index contributed by atoms with van der Waals surface area (Å²) in [5.74, 6) is 0.0828. The Morgan fingerprint density at radius 1 is 0.879 bits per heavy atom. The Bertz CT molecular complexity index is 1230. The first-order valence-corrected chi connectivity index (χ1v) is 11.3. The van der Waals surface area contributed by atoms with Gasteiger partial charge in [-0.25, -0.2) is 0 Å². The van der Waals surface area contributed by atoms with Gasteiger partial charge in [0.25, 0.3) is 0 Å². The number of nitrogens with one attached hydrogen (secondary N) is 2. The molecule has 0 bridgehead atoms. The van der Waals surface area contributed by atoms with Crippen molar-refractivity contribution in [3.05, 3.63) is 90.3 Å². The van der Waals surface area contributed by atoms with E-state index in [0.717, 1.165) is 22.4 Å². The van der Waals surface area contributed by atoms with Crippen molar-refractivity contribution in [2.24, 2.45) is 0 Å². The van der Waals surface area contributed by atoms with E-state index in [9.17, 15) is 9.59 Å². The van der Waals surface area contributed by atoms with E-state index in [1.165, 1.54) is 11.8 Å². The minimum atomic E-state index is -0.342. The van der Waals surface area contributed by atoms with Crippen molar-refractivity contribution in [3.8, 4) is 17.1 Å². The first-order valence-electron chi connectivity index (χ1n) is 10.3. The molecule has 0 atom stereocenters. The summed E-state index contributed by atoms with van der Waals surface area (Å²) in [6.45, 7) is 2.02. The summed E-state index contributed by atoms with van der Waals surface area (Å²) < 4.78 is 1.90. The molecule has 2 aromatic heterocycles. The number of benzene rings is 2. The van der Waals surface area contributed by atoms with Crippen LogP contribution in [-0.4, -0.2) is 37.3 Å². The van der Waals surface area contributed by atoms with Crippen molar-refractivity contribution in [2.75, 3.05) is 5.75 Å². The predicted octanol–water partition coefficient (Wildman–Crippen LogP) is 3.12. The zero-order valence-corrected chi connectivity index (χ0v) is 18.7. The number of amides is 2. The molecule has 166 valence electrons. The van der Waals surface area contributed by atoms with Crippen molar-refractivity contribution in [1.29, 1.82) is 0 Å². The number of hydrazine groups is 1. The monoisotopic (exact) mass is 458 g/mol. The van der Waals surface area contributed by atoms with Crippen molar-refractivity contribution in [1.82, 2.24) is 30.6 Å². The Balaban J connectivity index is 1.43. The van der Waals surface area contributed by atoms with Crippen LogP contribution in [0.2, 0.25) is 0 Å². The van der Waals surface area contributed by atoms with E-state index >= 15 is 0 Å². The summed E-state index contributed by atoms with van der Waals surface area (Å²) >= 11 is 1.24. The largest absolute Gasteiger partial charge is 0.273 e. The van der Waals surface area contributed by atoms with Crippen LogP contribution in [0, 0.1) is 6.92 Å². The summed E-state index contributed by atoms with van der Waals surface area (Å²) in [6, 6.07) is 21.0. The molecular formula is C24H22N6O2S. The van der Waals surface area contributed by atoms with Crippen LogP contribution in [0.15, 0.2) is 84.3 Å². The van der Waals surface area contributed by atoms with E-state index in [4.69, 9.17) is 0 Å². The summed E-state index contributed by atoms with van der Waals surface area (Å²) in [6.07, 6.45) is 3.58. The maximum Gasteiger partial charge on any atom is 0.248 e. The number of aromatic nitrogens is 4. The molecule has 4 rings (SSSR count). The molecule has 0 unspecified atom stereocenters. The van der Waals surface area contributed by atoms with Crippen LogP contribution < -0.4 is 10.9 Å². The van der Waals surface area contributed by atoms with E-state index in [-0.39, 0.29) is 24.0 Å². The molecular weight excluding hydrogens is 436 g/mol. The zero-order valence-electron chi connectivity index (χ0n) is 17.9. The van der Waals surface area contributed by atoms with Crippen LogP contribution in [0.25, 0.3) is 17.1 Å². The summed E-state index contributed by atoms with van der Waals surface area (Å²) in [5, 5.41) is 9.22. The minimum Gasteiger partial charge on any atom is -0.273 e. The number of thioether (sulfide) groups is 1. The highest BCUT2D eigenvalue weighted by Crippen LogP contribution is 2.27. The van der Waals surface area contributed by atoms with Crippen LogP contribution in [0.4, 0.5) is 0 Å². The number of hydrogen-bond acceptors (Lipinski definition) is 6. The Morgan fingerprint density at radius 2 is 1.58 bits per heavy atom. The maximum atomic E-state index is 12.3. The number of carbonyl (C=O) groups excluding carboxylic acids is 2. The minimum absolute atomic E-state index is 0.0615. The number of hydrogen-bond donors (Lipinski definition) is 2. The first-order chi connectivity index (χ1) is 16.1. The van der Waals surface area contributed by atoms with Crippen LogP contribution in [0.5, 0.6) is 0 Å².